The summed E-state index contributed by atoms with van der Waals surface area (Å²) in [4.78, 5) is 10.7. The van der Waals surface area contributed by atoms with Crippen LogP contribution in [0.4, 0.5) is 0 Å². The first-order valence-corrected chi connectivity index (χ1v) is 5.27. The van der Waals surface area contributed by atoms with Gasteiger partial charge in [-0.3, -0.25) is 0 Å². The maximum atomic E-state index is 10.7. The van der Waals surface area contributed by atoms with Crippen molar-refractivity contribution < 1.29 is 9.90 Å². The zero-order chi connectivity index (χ0) is 10.7. The summed E-state index contributed by atoms with van der Waals surface area (Å²) < 4.78 is 1.15. The summed E-state index contributed by atoms with van der Waals surface area (Å²) in [7, 11) is 0. The van der Waals surface area contributed by atoms with E-state index in [9.17, 15) is 4.79 Å². The lowest BCUT2D eigenvalue weighted by Crippen LogP contribution is -1.99. The number of aliphatic carboxylic acids is 1. The zero-order valence-electron chi connectivity index (χ0n) is 8.04. The van der Waals surface area contributed by atoms with Crippen molar-refractivity contribution >= 4 is 34.1 Å². The molecule has 0 unspecified atom stereocenters. The standard InChI is InChI=1S/C11H11IO2/c1-7(8(2)11(13)14)9-3-5-10(12)6-4-9/h3-6H,1-2H3,(H,13,14)/b8-7+. The smallest absolute Gasteiger partial charge is 0.331 e. The fourth-order valence-corrected chi connectivity index (χ4v) is 1.44. The van der Waals surface area contributed by atoms with Gasteiger partial charge < -0.3 is 5.11 Å². The van der Waals surface area contributed by atoms with Crippen LogP contribution in [0, 0.1) is 3.57 Å². The van der Waals surface area contributed by atoms with Gasteiger partial charge in [0.05, 0.1) is 0 Å². The lowest BCUT2D eigenvalue weighted by molar-refractivity contribution is -0.132. The summed E-state index contributed by atoms with van der Waals surface area (Å²) >= 11 is 2.22. The molecule has 0 saturated heterocycles. The zero-order valence-corrected chi connectivity index (χ0v) is 10.2. The molecule has 0 fully saturated rings. The second-order valence-corrected chi connectivity index (χ2v) is 4.31. The van der Waals surface area contributed by atoms with E-state index in [0.717, 1.165) is 14.7 Å². The SMILES string of the molecule is C/C(C(=O)O)=C(/C)c1ccc(I)cc1. The topological polar surface area (TPSA) is 37.3 Å². The Bertz CT molecular complexity index is 377. The number of hydrogen-bond donors (Lipinski definition) is 1. The molecule has 0 aliphatic carbocycles. The predicted octanol–water partition coefficient (Wildman–Crippen LogP) is 3.17. The Morgan fingerprint density at radius 2 is 1.71 bits per heavy atom. The Morgan fingerprint density at radius 3 is 2.14 bits per heavy atom. The summed E-state index contributed by atoms with van der Waals surface area (Å²) in [5, 5.41) is 8.81. The average Bonchev–Trinajstić information content (AvgIpc) is 2.16. The number of rotatable bonds is 2. The molecule has 0 aliphatic heterocycles. The van der Waals surface area contributed by atoms with Gasteiger partial charge >= 0.3 is 5.97 Å². The van der Waals surface area contributed by atoms with E-state index in [0.29, 0.717) is 5.57 Å². The highest BCUT2D eigenvalue weighted by molar-refractivity contribution is 14.1. The minimum absolute atomic E-state index is 0.395. The van der Waals surface area contributed by atoms with Gasteiger partial charge in [-0.15, -0.1) is 0 Å². The summed E-state index contributed by atoms with van der Waals surface area (Å²) in [6, 6.07) is 7.80. The van der Waals surface area contributed by atoms with Crippen molar-refractivity contribution in [3.63, 3.8) is 0 Å². The van der Waals surface area contributed by atoms with Gasteiger partial charge in [0, 0.05) is 9.14 Å². The molecule has 1 aromatic rings. The molecular formula is C11H11IO2. The monoisotopic (exact) mass is 302 g/mol. The normalized spacial score (nSPS) is 12.2. The van der Waals surface area contributed by atoms with Crippen molar-refractivity contribution in [1.82, 2.24) is 0 Å². The van der Waals surface area contributed by atoms with E-state index >= 15 is 0 Å². The second kappa shape index (κ2) is 4.59. The molecule has 0 atom stereocenters. The van der Waals surface area contributed by atoms with Crippen LogP contribution in [-0.4, -0.2) is 11.1 Å². The summed E-state index contributed by atoms with van der Waals surface area (Å²) in [5.41, 5.74) is 2.17. The summed E-state index contributed by atoms with van der Waals surface area (Å²) in [6.45, 7) is 3.45. The predicted molar refractivity (Wildman–Crippen MR) is 65.1 cm³/mol. The molecule has 2 nitrogen and oxygen atoms in total. The van der Waals surface area contributed by atoms with Crippen molar-refractivity contribution in [2.45, 2.75) is 13.8 Å². The molecule has 1 aromatic carbocycles. The molecule has 0 aromatic heterocycles. The van der Waals surface area contributed by atoms with Gasteiger partial charge in [-0.05, 0) is 59.7 Å². The molecule has 14 heavy (non-hydrogen) atoms. The summed E-state index contributed by atoms with van der Waals surface area (Å²) in [5.74, 6) is -0.860. The van der Waals surface area contributed by atoms with E-state index < -0.39 is 5.97 Å². The van der Waals surface area contributed by atoms with Crippen molar-refractivity contribution in [2.75, 3.05) is 0 Å². The van der Waals surface area contributed by atoms with Crippen LogP contribution in [0.1, 0.15) is 19.4 Å². The highest BCUT2D eigenvalue weighted by atomic mass is 127. The lowest BCUT2D eigenvalue weighted by Gasteiger charge is -2.04. The van der Waals surface area contributed by atoms with Gasteiger partial charge in [0.25, 0.3) is 0 Å². The molecule has 0 amide bonds. The Kier molecular flexibility index (Phi) is 3.69. The van der Waals surface area contributed by atoms with E-state index in [1.807, 2.05) is 31.2 Å². The van der Waals surface area contributed by atoms with Gasteiger partial charge in [-0.1, -0.05) is 12.1 Å². The first-order valence-electron chi connectivity index (χ1n) is 4.19. The Morgan fingerprint density at radius 1 is 1.21 bits per heavy atom. The molecule has 0 saturated carbocycles. The van der Waals surface area contributed by atoms with E-state index in [4.69, 9.17) is 5.11 Å². The lowest BCUT2D eigenvalue weighted by atomic mass is 10.0. The van der Waals surface area contributed by atoms with Crippen LogP contribution in [0.5, 0.6) is 0 Å². The van der Waals surface area contributed by atoms with Crippen LogP contribution in [0.25, 0.3) is 5.57 Å². The van der Waals surface area contributed by atoms with Crippen molar-refractivity contribution in [1.29, 1.82) is 0 Å². The third-order valence-corrected chi connectivity index (χ3v) is 2.88. The number of carbonyl (C=O) groups is 1. The van der Waals surface area contributed by atoms with E-state index in [1.54, 1.807) is 6.92 Å². The highest BCUT2D eigenvalue weighted by Gasteiger charge is 2.06. The molecule has 0 radical (unpaired) electrons. The molecule has 74 valence electrons. The van der Waals surface area contributed by atoms with Crippen LogP contribution < -0.4 is 0 Å². The Balaban J connectivity index is 3.12. The maximum Gasteiger partial charge on any atom is 0.331 e. The largest absolute Gasteiger partial charge is 0.478 e. The van der Waals surface area contributed by atoms with Crippen LogP contribution in [-0.2, 0) is 4.79 Å². The van der Waals surface area contributed by atoms with Crippen molar-refractivity contribution in [3.8, 4) is 0 Å². The number of allylic oxidation sites excluding steroid dienone is 1. The van der Waals surface area contributed by atoms with Gasteiger partial charge in [-0.2, -0.15) is 0 Å². The van der Waals surface area contributed by atoms with Gasteiger partial charge in [0.1, 0.15) is 0 Å². The molecule has 0 heterocycles. The average molecular weight is 302 g/mol. The van der Waals surface area contributed by atoms with E-state index in [-0.39, 0.29) is 0 Å². The van der Waals surface area contributed by atoms with Crippen molar-refractivity contribution in [3.05, 3.63) is 39.0 Å². The van der Waals surface area contributed by atoms with Crippen LogP contribution in [0.15, 0.2) is 29.8 Å². The first-order chi connectivity index (χ1) is 6.52. The number of carboxylic acids is 1. The summed E-state index contributed by atoms with van der Waals surface area (Å²) in [6.07, 6.45) is 0. The Labute approximate surface area is 96.8 Å². The number of benzene rings is 1. The quantitative estimate of drug-likeness (QED) is 0.673. The molecular weight excluding hydrogens is 291 g/mol. The van der Waals surface area contributed by atoms with E-state index in [2.05, 4.69) is 22.6 Å². The van der Waals surface area contributed by atoms with Crippen LogP contribution >= 0.6 is 22.6 Å². The van der Waals surface area contributed by atoms with E-state index in [1.165, 1.54) is 0 Å². The molecule has 3 heteroatoms. The molecule has 1 rings (SSSR count). The highest BCUT2D eigenvalue weighted by Crippen LogP contribution is 2.19. The molecule has 0 bridgehead atoms. The van der Waals surface area contributed by atoms with Crippen LogP contribution in [0.3, 0.4) is 0 Å². The molecule has 1 N–H and O–H groups in total. The third kappa shape index (κ3) is 2.57. The van der Waals surface area contributed by atoms with Crippen molar-refractivity contribution in [2.24, 2.45) is 0 Å². The van der Waals surface area contributed by atoms with Crippen LogP contribution in [0.2, 0.25) is 0 Å². The van der Waals surface area contributed by atoms with Gasteiger partial charge in [0.15, 0.2) is 0 Å². The molecule has 0 spiro atoms. The van der Waals surface area contributed by atoms with Gasteiger partial charge in [-0.25, -0.2) is 4.79 Å². The first kappa shape index (κ1) is 11.2. The Hall–Kier alpha value is -0.840. The number of halogens is 1. The minimum atomic E-state index is -0.860. The number of carboxylic acid groups (broad SMARTS) is 1. The fourth-order valence-electron chi connectivity index (χ4n) is 1.08. The third-order valence-electron chi connectivity index (χ3n) is 2.16. The van der Waals surface area contributed by atoms with Gasteiger partial charge in [0.2, 0.25) is 0 Å². The number of hydrogen-bond acceptors (Lipinski definition) is 1. The second-order valence-electron chi connectivity index (χ2n) is 3.06. The molecule has 0 aliphatic rings. The fraction of sp³-hybridized carbons (Fsp3) is 0.182. The minimum Gasteiger partial charge on any atom is -0.478 e. The maximum absolute atomic E-state index is 10.7.